The topological polar surface area (TPSA) is 60.5 Å². The van der Waals surface area contributed by atoms with Gasteiger partial charge in [0.2, 0.25) is 0 Å². The molecule has 1 aromatic heterocycles. The van der Waals surface area contributed by atoms with Gasteiger partial charge >= 0.3 is 0 Å². The van der Waals surface area contributed by atoms with Crippen molar-refractivity contribution in [3.8, 4) is 5.75 Å². The van der Waals surface area contributed by atoms with Gasteiger partial charge < -0.3 is 14.8 Å². The number of carbonyl (C=O) groups excluding carboxylic acids is 1. The molecule has 0 unspecified atom stereocenters. The number of hydrogen-bond donors (Lipinski definition) is 1. The highest BCUT2D eigenvalue weighted by Gasteiger charge is 2.18. The van der Waals surface area contributed by atoms with Gasteiger partial charge in [0.1, 0.15) is 10.6 Å². The van der Waals surface area contributed by atoms with E-state index in [1.165, 1.54) is 11.3 Å². The molecule has 6 heteroatoms. The summed E-state index contributed by atoms with van der Waals surface area (Å²) in [5, 5.41) is 2.99. The Bertz CT molecular complexity index is 610. The largest absolute Gasteiger partial charge is 0.494 e. The summed E-state index contributed by atoms with van der Waals surface area (Å²) in [4.78, 5) is 17.1. The lowest BCUT2D eigenvalue weighted by Gasteiger charge is -2.18. The number of hydrogen-bond acceptors (Lipinski definition) is 5. The third kappa shape index (κ3) is 4.05. The van der Waals surface area contributed by atoms with Crippen LogP contribution in [0.2, 0.25) is 0 Å². The van der Waals surface area contributed by atoms with E-state index in [0.29, 0.717) is 18.1 Å². The van der Waals surface area contributed by atoms with Crippen LogP contribution in [0.1, 0.15) is 33.9 Å². The average Bonchev–Trinajstić information content (AvgIpc) is 2.94. The van der Waals surface area contributed by atoms with Gasteiger partial charge in [0, 0.05) is 7.11 Å². The predicted octanol–water partition coefficient (Wildman–Crippen LogP) is 2.97. The molecule has 2 aromatic rings. The van der Waals surface area contributed by atoms with Gasteiger partial charge in [-0.1, -0.05) is 12.1 Å². The number of ether oxygens (including phenoxy) is 2. The maximum absolute atomic E-state index is 12.3. The van der Waals surface area contributed by atoms with Crippen molar-refractivity contribution in [2.45, 2.75) is 19.9 Å². The van der Waals surface area contributed by atoms with Gasteiger partial charge in [0.25, 0.3) is 5.91 Å². The van der Waals surface area contributed by atoms with E-state index in [9.17, 15) is 4.79 Å². The standard InChI is InChI=1S/C16H20N2O3S/c1-4-21-13-7-5-12(6-8-13)14(9-20-3)18-16(19)15-11(2)17-10-22-15/h5-8,10,14H,4,9H2,1-3H3,(H,18,19)/t14-/m1/s1. The molecule has 1 N–H and O–H groups in total. The molecular formula is C16H20N2O3S. The molecule has 0 saturated carbocycles. The molecule has 22 heavy (non-hydrogen) atoms. The van der Waals surface area contributed by atoms with Crippen LogP contribution < -0.4 is 10.1 Å². The number of methoxy groups -OCH3 is 1. The molecule has 1 amide bonds. The van der Waals surface area contributed by atoms with E-state index >= 15 is 0 Å². The van der Waals surface area contributed by atoms with Gasteiger partial charge in [0.05, 0.1) is 30.5 Å². The average molecular weight is 320 g/mol. The van der Waals surface area contributed by atoms with Crippen molar-refractivity contribution < 1.29 is 14.3 Å². The number of amides is 1. The summed E-state index contributed by atoms with van der Waals surface area (Å²) >= 11 is 1.34. The van der Waals surface area contributed by atoms with Crippen LogP contribution in [0.5, 0.6) is 5.75 Å². The van der Waals surface area contributed by atoms with Crippen molar-refractivity contribution in [1.82, 2.24) is 10.3 Å². The van der Waals surface area contributed by atoms with Gasteiger partial charge in [-0.15, -0.1) is 11.3 Å². The Labute approximate surface area is 134 Å². The van der Waals surface area contributed by atoms with E-state index in [2.05, 4.69) is 10.3 Å². The van der Waals surface area contributed by atoms with Gasteiger partial charge in [-0.05, 0) is 31.5 Å². The molecule has 0 bridgehead atoms. The third-order valence-corrected chi connectivity index (χ3v) is 4.11. The number of benzene rings is 1. The highest BCUT2D eigenvalue weighted by molar-refractivity contribution is 7.11. The van der Waals surface area contributed by atoms with Crippen LogP contribution in [0.4, 0.5) is 0 Å². The number of thiazole rings is 1. The molecule has 0 spiro atoms. The predicted molar refractivity (Wildman–Crippen MR) is 86.5 cm³/mol. The molecule has 0 aliphatic heterocycles. The van der Waals surface area contributed by atoms with Crippen molar-refractivity contribution in [3.63, 3.8) is 0 Å². The van der Waals surface area contributed by atoms with Crippen molar-refractivity contribution >= 4 is 17.2 Å². The minimum Gasteiger partial charge on any atom is -0.494 e. The van der Waals surface area contributed by atoms with E-state index in [1.54, 1.807) is 12.6 Å². The fourth-order valence-electron chi connectivity index (χ4n) is 2.09. The Kier molecular flexibility index (Phi) is 5.91. The van der Waals surface area contributed by atoms with Crippen LogP contribution in [0.15, 0.2) is 29.8 Å². The quantitative estimate of drug-likeness (QED) is 0.852. The second kappa shape index (κ2) is 7.91. The Morgan fingerprint density at radius 1 is 1.36 bits per heavy atom. The first kappa shape index (κ1) is 16.5. The first-order chi connectivity index (χ1) is 10.7. The molecule has 1 atom stereocenters. The normalized spacial score (nSPS) is 12.0. The highest BCUT2D eigenvalue weighted by atomic mass is 32.1. The number of aryl methyl sites for hydroxylation is 1. The summed E-state index contributed by atoms with van der Waals surface area (Å²) in [6.07, 6.45) is 0. The molecule has 0 aliphatic carbocycles. The van der Waals surface area contributed by atoms with E-state index < -0.39 is 0 Å². The smallest absolute Gasteiger partial charge is 0.263 e. The molecule has 0 saturated heterocycles. The Morgan fingerprint density at radius 2 is 2.09 bits per heavy atom. The maximum Gasteiger partial charge on any atom is 0.263 e. The fourth-order valence-corrected chi connectivity index (χ4v) is 2.80. The number of nitrogens with one attached hydrogen (secondary N) is 1. The molecule has 2 rings (SSSR count). The number of rotatable bonds is 7. The Hall–Kier alpha value is -1.92. The molecule has 1 heterocycles. The van der Waals surface area contributed by atoms with Gasteiger partial charge in [-0.25, -0.2) is 4.98 Å². The minimum absolute atomic E-state index is 0.129. The van der Waals surface area contributed by atoms with Crippen LogP contribution in [-0.4, -0.2) is 31.2 Å². The first-order valence-electron chi connectivity index (χ1n) is 7.08. The van der Waals surface area contributed by atoms with Crippen molar-refractivity contribution in [3.05, 3.63) is 45.9 Å². The summed E-state index contributed by atoms with van der Waals surface area (Å²) < 4.78 is 10.7. The SMILES string of the molecule is CCOc1ccc([C@@H](COC)NC(=O)c2scnc2C)cc1. The molecule has 0 radical (unpaired) electrons. The number of nitrogens with zero attached hydrogens (tertiary/aromatic N) is 1. The summed E-state index contributed by atoms with van der Waals surface area (Å²) in [5.74, 6) is 0.683. The van der Waals surface area contributed by atoms with Crippen molar-refractivity contribution in [2.75, 3.05) is 20.3 Å². The van der Waals surface area contributed by atoms with Gasteiger partial charge in [0.15, 0.2) is 0 Å². The second-order valence-electron chi connectivity index (χ2n) is 4.75. The summed E-state index contributed by atoms with van der Waals surface area (Å²) in [6.45, 7) is 4.80. The first-order valence-corrected chi connectivity index (χ1v) is 7.96. The molecule has 0 aliphatic rings. The zero-order chi connectivity index (χ0) is 15.9. The number of carbonyl (C=O) groups is 1. The molecule has 0 fully saturated rings. The van der Waals surface area contributed by atoms with E-state index in [1.807, 2.05) is 38.1 Å². The summed E-state index contributed by atoms with van der Waals surface area (Å²) in [6, 6.07) is 7.45. The molecule has 5 nitrogen and oxygen atoms in total. The summed E-state index contributed by atoms with van der Waals surface area (Å²) in [5.41, 5.74) is 3.39. The van der Waals surface area contributed by atoms with E-state index in [0.717, 1.165) is 17.0 Å². The molecular weight excluding hydrogens is 300 g/mol. The van der Waals surface area contributed by atoms with E-state index in [-0.39, 0.29) is 11.9 Å². The monoisotopic (exact) mass is 320 g/mol. The fraction of sp³-hybridized carbons (Fsp3) is 0.375. The lowest BCUT2D eigenvalue weighted by atomic mass is 10.1. The van der Waals surface area contributed by atoms with Crippen molar-refractivity contribution in [2.24, 2.45) is 0 Å². The lowest BCUT2D eigenvalue weighted by Crippen LogP contribution is -2.31. The minimum atomic E-state index is -0.213. The van der Waals surface area contributed by atoms with Crippen LogP contribution in [0, 0.1) is 6.92 Å². The summed E-state index contributed by atoms with van der Waals surface area (Å²) in [7, 11) is 1.62. The lowest BCUT2D eigenvalue weighted by molar-refractivity contribution is 0.0900. The third-order valence-electron chi connectivity index (χ3n) is 3.18. The van der Waals surface area contributed by atoms with Crippen LogP contribution in [-0.2, 0) is 4.74 Å². The van der Waals surface area contributed by atoms with Crippen LogP contribution >= 0.6 is 11.3 Å². The maximum atomic E-state index is 12.3. The highest BCUT2D eigenvalue weighted by Crippen LogP contribution is 2.20. The van der Waals surface area contributed by atoms with Gasteiger partial charge in [-0.3, -0.25) is 4.79 Å². The molecule has 118 valence electrons. The van der Waals surface area contributed by atoms with E-state index in [4.69, 9.17) is 9.47 Å². The zero-order valence-corrected chi connectivity index (χ0v) is 13.8. The Morgan fingerprint density at radius 3 is 2.64 bits per heavy atom. The zero-order valence-electron chi connectivity index (χ0n) is 13.0. The second-order valence-corrected chi connectivity index (χ2v) is 5.61. The van der Waals surface area contributed by atoms with Crippen molar-refractivity contribution in [1.29, 1.82) is 0 Å². The number of aromatic nitrogens is 1. The van der Waals surface area contributed by atoms with Crippen LogP contribution in [0.3, 0.4) is 0 Å². The van der Waals surface area contributed by atoms with Crippen LogP contribution in [0.25, 0.3) is 0 Å². The van der Waals surface area contributed by atoms with Gasteiger partial charge in [-0.2, -0.15) is 0 Å². The molecule has 1 aromatic carbocycles. The Balaban J connectivity index is 2.12.